The van der Waals surface area contributed by atoms with E-state index in [2.05, 4.69) is 19.1 Å². The summed E-state index contributed by atoms with van der Waals surface area (Å²) >= 11 is 0. The van der Waals surface area contributed by atoms with Crippen LogP contribution in [0, 0.1) is 0 Å². The van der Waals surface area contributed by atoms with Gasteiger partial charge in [0.05, 0.1) is 7.11 Å². The van der Waals surface area contributed by atoms with E-state index in [0.717, 1.165) is 18.6 Å². The normalized spacial score (nSPS) is 19.7. The lowest BCUT2D eigenvalue weighted by Gasteiger charge is -2.11. The van der Waals surface area contributed by atoms with E-state index in [4.69, 9.17) is 10.5 Å². The van der Waals surface area contributed by atoms with E-state index in [0.29, 0.717) is 0 Å². The highest BCUT2D eigenvalue weighted by molar-refractivity contribution is 5.40. The predicted octanol–water partition coefficient (Wildman–Crippen LogP) is 2.66. The van der Waals surface area contributed by atoms with Crippen LogP contribution >= 0.6 is 0 Å². The molecule has 0 unspecified atom stereocenters. The van der Waals surface area contributed by atoms with Crippen molar-refractivity contribution in [2.24, 2.45) is 5.73 Å². The molecule has 2 N–H and O–H groups in total. The van der Waals surface area contributed by atoms with E-state index in [1.54, 1.807) is 13.3 Å². The molecule has 0 heterocycles. The second-order valence-electron chi connectivity index (χ2n) is 3.12. The van der Waals surface area contributed by atoms with Gasteiger partial charge in [0, 0.05) is 0 Å². The van der Waals surface area contributed by atoms with Crippen molar-refractivity contribution in [2.45, 2.75) is 19.8 Å². The molecule has 76 valence electrons. The minimum atomic E-state index is 0.905. The van der Waals surface area contributed by atoms with Crippen molar-refractivity contribution in [3.63, 3.8) is 0 Å². The Morgan fingerprint density at radius 1 is 1.64 bits per heavy atom. The maximum atomic E-state index is 5.39. The first kappa shape index (κ1) is 10.6. The zero-order valence-corrected chi connectivity index (χ0v) is 8.79. The topological polar surface area (TPSA) is 35.2 Å². The number of hydrogen-bond acceptors (Lipinski definition) is 2. The van der Waals surface area contributed by atoms with Crippen LogP contribution in [0.3, 0.4) is 0 Å². The Morgan fingerprint density at radius 2 is 2.43 bits per heavy atom. The highest BCUT2D eigenvalue weighted by atomic mass is 16.5. The highest BCUT2D eigenvalue weighted by Gasteiger charge is 2.04. The lowest BCUT2D eigenvalue weighted by atomic mass is 9.98. The summed E-state index contributed by atoms with van der Waals surface area (Å²) in [5.41, 5.74) is 7.95. The maximum Gasteiger partial charge on any atom is 0.118 e. The average molecular weight is 191 g/mol. The number of rotatable bonds is 3. The summed E-state index contributed by atoms with van der Waals surface area (Å²) in [6, 6.07) is 0. The fourth-order valence-electron chi connectivity index (χ4n) is 1.50. The van der Waals surface area contributed by atoms with Crippen molar-refractivity contribution in [2.75, 3.05) is 7.11 Å². The van der Waals surface area contributed by atoms with Gasteiger partial charge in [-0.05, 0) is 48.4 Å². The van der Waals surface area contributed by atoms with E-state index < -0.39 is 0 Å². The molecule has 2 nitrogen and oxygen atoms in total. The zero-order valence-electron chi connectivity index (χ0n) is 8.79. The summed E-state index contributed by atoms with van der Waals surface area (Å²) in [4.78, 5) is 0. The van der Waals surface area contributed by atoms with Gasteiger partial charge < -0.3 is 10.5 Å². The van der Waals surface area contributed by atoms with Gasteiger partial charge in [-0.25, -0.2) is 0 Å². The van der Waals surface area contributed by atoms with E-state index in [1.165, 1.54) is 11.1 Å². The first-order valence-corrected chi connectivity index (χ1v) is 4.84. The summed E-state index contributed by atoms with van der Waals surface area (Å²) in [7, 11) is 1.68. The van der Waals surface area contributed by atoms with Crippen molar-refractivity contribution >= 4 is 0 Å². The molecule has 0 bridgehead atoms. The molecule has 0 saturated heterocycles. The Balaban J connectivity index is 2.96. The van der Waals surface area contributed by atoms with Crippen LogP contribution < -0.4 is 5.73 Å². The molecule has 14 heavy (non-hydrogen) atoms. The largest absolute Gasteiger partial charge is 0.497 e. The number of methoxy groups -OCH3 is 1. The highest BCUT2D eigenvalue weighted by Crippen LogP contribution is 2.22. The maximum absolute atomic E-state index is 5.39. The number of nitrogens with two attached hydrogens (primary N) is 1. The van der Waals surface area contributed by atoms with Crippen LogP contribution in [0.25, 0.3) is 0 Å². The number of allylic oxidation sites excluding steroid dienone is 6. The van der Waals surface area contributed by atoms with Crippen LogP contribution in [-0.4, -0.2) is 7.11 Å². The molecule has 0 fully saturated rings. The molecule has 0 amide bonds. The fraction of sp³-hybridized carbons (Fsp3) is 0.333. The van der Waals surface area contributed by atoms with Gasteiger partial charge >= 0.3 is 0 Å². The summed E-state index contributed by atoms with van der Waals surface area (Å²) in [6.07, 6.45) is 11.7. The third kappa shape index (κ3) is 2.52. The van der Waals surface area contributed by atoms with Gasteiger partial charge in [-0.2, -0.15) is 0 Å². The van der Waals surface area contributed by atoms with E-state index in [9.17, 15) is 0 Å². The van der Waals surface area contributed by atoms with Crippen molar-refractivity contribution in [1.82, 2.24) is 0 Å². The summed E-state index contributed by atoms with van der Waals surface area (Å²) in [6.45, 7) is 2.13. The van der Waals surface area contributed by atoms with Gasteiger partial charge in [0.2, 0.25) is 0 Å². The van der Waals surface area contributed by atoms with Crippen molar-refractivity contribution < 1.29 is 4.74 Å². The molecule has 0 aromatic heterocycles. The Labute approximate surface area is 85.4 Å². The molecule has 0 aliphatic heterocycles. The predicted molar refractivity (Wildman–Crippen MR) is 59.5 cm³/mol. The molecule has 0 radical (unpaired) electrons. The SMILES string of the molecule is CCC(/C=C\N)=C1\C=C(OC)C=CC1. The van der Waals surface area contributed by atoms with E-state index in [-0.39, 0.29) is 0 Å². The number of ether oxygens (including phenoxy) is 1. The summed E-state index contributed by atoms with van der Waals surface area (Å²) in [5.74, 6) is 0.905. The van der Waals surface area contributed by atoms with Gasteiger partial charge in [0.15, 0.2) is 0 Å². The standard InChI is InChI=1S/C12H17NO/c1-3-10(7-8-13)11-5-4-6-12(9-11)14-2/h4,6-9H,3,5,13H2,1-2H3/b8-7-,11-10+. The van der Waals surface area contributed by atoms with Gasteiger partial charge in [-0.3, -0.25) is 0 Å². The Hall–Kier alpha value is -1.44. The van der Waals surface area contributed by atoms with Crippen LogP contribution in [0.5, 0.6) is 0 Å². The Kier molecular flexibility index (Phi) is 4.05. The van der Waals surface area contributed by atoms with Crippen LogP contribution in [0.1, 0.15) is 19.8 Å². The molecular formula is C12H17NO. The minimum absolute atomic E-state index is 0.905. The van der Waals surface area contributed by atoms with Gasteiger partial charge in [-0.1, -0.05) is 13.0 Å². The zero-order chi connectivity index (χ0) is 10.4. The summed E-state index contributed by atoms with van der Waals surface area (Å²) in [5, 5.41) is 0. The molecule has 1 aliphatic carbocycles. The third-order valence-corrected chi connectivity index (χ3v) is 2.26. The molecule has 0 aromatic carbocycles. The second-order valence-corrected chi connectivity index (χ2v) is 3.12. The lowest BCUT2D eigenvalue weighted by molar-refractivity contribution is 0.305. The molecule has 0 spiro atoms. The lowest BCUT2D eigenvalue weighted by Crippen LogP contribution is -1.94. The Morgan fingerprint density at radius 3 is 3.00 bits per heavy atom. The van der Waals surface area contributed by atoms with Crippen LogP contribution in [0.4, 0.5) is 0 Å². The molecular weight excluding hydrogens is 174 g/mol. The monoisotopic (exact) mass is 191 g/mol. The molecule has 2 heteroatoms. The molecule has 1 rings (SSSR count). The van der Waals surface area contributed by atoms with Gasteiger partial charge in [-0.15, -0.1) is 0 Å². The molecule has 0 saturated carbocycles. The van der Waals surface area contributed by atoms with Crippen molar-refractivity contribution in [3.05, 3.63) is 47.4 Å². The first-order valence-electron chi connectivity index (χ1n) is 4.84. The quantitative estimate of drug-likeness (QED) is 0.744. The second kappa shape index (κ2) is 5.32. The number of hydrogen-bond donors (Lipinski definition) is 1. The molecule has 0 atom stereocenters. The van der Waals surface area contributed by atoms with Crippen LogP contribution in [0.2, 0.25) is 0 Å². The molecule has 1 aliphatic rings. The van der Waals surface area contributed by atoms with Gasteiger partial charge in [0.25, 0.3) is 0 Å². The van der Waals surface area contributed by atoms with Crippen LogP contribution in [0.15, 0.2) is 47.4 Å². The van der Waals surface area contributed by atoms with Crippen molar-refractivity contribution in [1.29, 1.82) is 0 Å². The Bertz CT molecular complexity index is 308. The van der Waals surface area contributed by atoms with Gasteiger partial charge in [0.1, 0.15) is 5.76 Å². The third-order valence-electron chi connectivity index (χ3n) is 2.26. The van der Waals surface area contributed by atoms with Crippen LogP contribution in [-0.2, 0) is 4.74 Å². The van der Waals surface area contributed by atoms with E-state index in [1.807, 2.05) is 12.2 Å². The minimum Gasteiger partial charge on any atom is -0.497 e. The molecule has 0 aromatic rings. The van der Waals surface area contributed by atoms with E-state index >= 15 is 0 Å². The fourth-order valence-corrected chi connectivity index (χ4v) is 1.50. The summed E-state index contributed by atoms with van der Waals surface area (Å²) < 4.78 is 5.18. The van der Waals surface area contributed by atoms with Crippen molar-refractivity contribution in [3.8, 4) is 0 Å². The smallest absolute Gasteiger partial charge is 0.118 e. The first-order chi connectivity index (χ1) is 6.81. The average Bonchev–Trinajstić information content (AvgIpc) is 2.26.